The van der Waals surface area contributed by atoms with Crippen molar-refractivity contribution in [3.05, 3.63) is 46.0 Å². The van der Waals surface area contributed by atoms with E-state index in [1.54, 1.807) is 18.9 Å². The van der Waals surface area contributed by atoms with E-state index in [0.29, 0.717) is 17.3 Å². The maximum absolute atomic E-state index is 11.8. The molecule has 0 amide bonds. The molecule has 7 heteroatoms. The molecular formula is C13H15N5O2. The van der Waals surface area contributed by atoms with E-state index in [2.05, 4.69) is 20.9 Å². The highest BCUT2D eigenvalue weighted by Crippen LogP contribution is 2.31. The van der Waals surface area contributed by atoms with E-state index in [-0.39, 0.29) is 5.56 Å². The number of anilines is 3. The molecule has 0 saturated heterocycles. The molecule has 1 aromatic heterocycles. The first-order chi connectivity index (χ1) is 9.56. The molecule has 0 fully saturated rings. The minimum atomic E-state index is -0.557. The first-order valence-electron chi connectivity index (χ1n) is 6.27. The number of H-pyrrole nitrogens is 1. The number of nitrogens with one attached hydrogen (secondary N) is 3. The standard InChI is InChI=1S/C13H15N5O2/c1-7(19)9-4-3-5-10(6-9)18-12-11(16-17-18)13(20)15-8(2)14-12/h3-7,16-17,19H,1-2H3,(H,14,15,20)/t7-/m1/s1. The summed E-state index contributed by atoms with van der Waals surface area (Å²) in [5.41, 5.74) is 7.41. The van der Waals surface area contributed by atoms with Crippen LogP contribution in [0.3, 0.4) is 0 Å². The Labute approximate surface area is 115 Å². The van der Waals surface area contributed by atoms with Gasteiger partial charge >= 0.3 is 0 Å². The Bertz CT molecular complexity index is 710. The number of hydrogen-bond donors (Lipinski definition) is 4. The fraction of sp³-hybridized carbons (Fsp3) is 0.231. The van der Waals surface area contributed by atoms with Gasteiger partial charge in [0.25, 0.3) is 5.56 Å². The number of aryl methyl sites for hydroxylation is 1. The van der Waals surface area contributed by atoms with Crippen LogP contribution in [0.2, 0.25) is 0 Å². The highest BCUT2D eigenvalue weighted by Gasteiger charge is 2.25. The molecule has 104 valence electrons. The summed E-state index contributed by atoms with van der Waals surface area (Å²) in [6.07, 6.45) is -0.557. The zero-order valence-electron chi connectivity index (χ0n) is 11.1. The Hall–Kier alpha value is -2.38. The van der Waals surface area contributed by atoms with Gasteiger partial charge < -0.3 is 10.1 Å². The third-order valence-corrected chi connectivity index (χ3v) is 3.13. The lowest BCUT2D eigenvalue weighted by Gasteiger charge is -2.18. The summed E-state index contributed by atoms with van der Waals surface area (Å²) in [6.45, 7) is 3.43. The second kappa shape index (κ2) is 4.62. The molecule has 0 bridgehead atoms. The number of aliphatic hydroxyl groups excluding tert-OH is 1. The number of aliphatic hydroxyl groups is 1. The van der Waals surface area contributed by atoms with Gasteiger partial charge in [-0.2, -0.15) is 0 Å². The number of benzene rings is 1. The van der Waals surface area contributed by atoms with Gasteiger partial charge in [0.05, 0.1) is 11.8 Å². The first-order valence-corrected chi connectivity index (χ1v) is 6.27. The number of hydrazine groups is 2. The predicted octanol–water partition coefficient (Wildman–Crippen LogP) is 1.11. The highest BCUT2D eigenvalue weighted by atomic mass is 16.3. The lowest BCUT2D eigenvalue weighted by Crippen LogP contribution is -2.32. The van der Waals surface area contributed by atoms with E-state index < -0.39 is 6.10 Å². The molecule has 0 radical (unpaired) electrons. The molecule has 7 nitrogen and oxygen atoms in total. The molecule has 0 unspecified atom stereocenters. The Morgan fingerprint density at radius 1 is 1.40 bits per heavy atom. The van der Waals surface area contributed by atoms with Crippen molar-refractivity contribution < 1.29 is 5.11 Å². The van der Waals surface area contributed by atoms with Gasteiger partial charge in [-0.25, -0.2) is 9.99 Å². The topological polar surface area (TPSA) is 93.3 Å². The molecule has 1 aliphatic rings. The minimum absolute atomic E-state index is 0.228. The van der Waals surface area contributed by atoms with Gasteiger partial charge in [0.15, 0.2) is 11.5 Å². The largest absolute Gasteiger partial charge is 0.389 e. The van der Waals surface area contributed by atoms with E-state index in [9.17, 15) is 9.90 Å². The molecule has 2 aromatic rings. The zero-order chi connectivity index (χ0) is 14.3. The Morgan fingerprint density at radius 3 is 2.95 bits per heavy atom. The monoisotopic (exact) mass is 273 g/mol. The normalized spacial score (nSPS) is 14.8. The van der Waals surface area contributed by atoms with E-state index in [1.807, 2.05) is 24.3 Å². The number of aromatic amines is 1. The average molecular weight is 273 g/mol. The van der Waals surface area contributed by atoms with Crippen LogP contribution in [-0.4, -0.2) is 15.1 Å². The molecule has 3 rings (SSSR count). The SMILES string of the molecule is Cc1nc2c(c(=O)[nH]1)NNN2c1cccc([C@@H](C)O)c1. The molecule has 1 aromatic carbocycles. The van der Waals surface area contributed by atoms with E-state index in [0.717, 1.165) is 11.3 Å². The Kier molecular flexibility index (Phi) is 2.92. The fourth-order valence-corrected chi connectivity index (χ4v) is 2.12. The van der Waals surface area contributed by atoms with Crippen LogP contribution in [0, 0.1) is 6.92 Å². The summed E-state index contributed by atoms with van der Waals surface area (Å²) >= 11 is 0. The van der Waals surface area contributed by atoms with Gasteiger partial charge in [-0.05, 0) is 31.5 Å². The summed E-state index contributed by atoms with van der Waals surface area (Å²) in [5, 5.41) is 11.3. The summed E-state index contributed by atoms with van der Waals surface area (Å²) in [7, 11) is 0. The average Bonchev–Trinajstić information content (AvgIpc) is 2.82. The Morgan fingerprint density at radius 2 is 2.20 bits per heavy atom. The number of aromatic nitrogens is 2. The van der Waals surface area contributed by atoms with Crippen LogP contribution in [0.4, 0.5) is 17.2 Å². The second-order valence-electron chi connectivity index (χ2n) is 4.69. The minimum Gasteiger partial charge on any atom is -0.389 e. The third kappa shape index (κ3) is 2.02. The molecule has 20 heavy (non-hydrogen) atoms. The van der Waals surface area contributed by atoms with Gasteiger partial charge in [-0.15, -0.1) is 5.53 Å². The first kappa shape index (κ1) is 12.6. The van der Waals surface area contributed by atoms with Crippen molar-refractivity contribution in [3.63, 3.8) is 0 Å². The van der Waals surface area contributed by atoms with Crippen LogP contribution in [0.25, 0.3) is 0 Å². The number of nitrogens with zero attached hydrogens (tertiary/aromatic N) is 2. The van der Waals surface area contributed by atoms with Gasteiger partial charge in [0.2, 0.25) is 0 Å². The van der Waals surface area contributed by atoms with Crippen molar-refractivity contribution in [2.24, 2.45) is 0 Å². The summed E-state index contributed by atoms with van der Waals surface area (Å²) in [5.74, 6) is 1.05. The van der Waals surface area contributed by atoms with Crippen molar-refractivity contribution in [2.75, 3.05) is 10.4 Å². The predicted molar refractivity (Wildman–Crippen MR) is 75.6 cm³/mol. The van der Waals surface area contributed by atoms with Crippen LogP contribution in [0.5, 0.6) is 0 Å². The smallest absolute Gasteiger partial charge is 0.277 e. The molecule has 0 saturated carbocycles. The zero-order valence-corrected chi connectivity index (χ0v) is 11.1. The van der Waals surface area contributed by atoms with Crippen LogP contribution < -0.4 is 21.5 Å². The van der Waals surface area contributed by atoms with E-state index in [4.69, 9.17) is 0 Å². The summed E-state index contributed by atoms with van der Waals surface area (Å²) < 4.78 is 0. The molecule has 1 aliphatic heterocycles. The van der Waals surface area contributed by atoms with Crippen molar-refractivity contribution in [2.45, 2.75) is 20.0 Å². The lowest BCUT2D eigenvalue weighted by atomic mass is 10.1. The summed E-state index contributed by atoms with van der Waals surface area (Å²) in [4.78, 5) is 18.8. The van der Waals surface area contributed by atoms with Gasteiger partial charge in [0, 0.05) is 0 Å². The van der Waals surface area contributed by atoms with Crippen LogP contribution in [0.1, 0.15) is 24.4 Å². The van der Waals surface area contributed by atoms with Gasteiger partial charge in [-0.1, -0.05) is 12.1 Å². The van der Waals surface area contributed by atoms with Crippen molar-refractivity contribution in [3.8, 4) is 0 Å². The second-order valence-corrected chi connectivity index (χ2v) is 4.69. The van der Waals surface area contributed by atoms with Crippen LogP contribution >= 0.6 is 0 Å². The number of hydrogen-bond acceptors (Lipinski definition) is 6. The Balaban J connectivity index is 2.07. The van der Waals surface area contributed by atoms with Crippen LogP contribution in [-0.2, 0) is 0 Å². The van der Waals surface area contributed by atoms with Gasteiger partial charge in [0.1, 0.15) is 5.82 Å². The van der Waals surface area contributed by atoms with Crippen LogP contribution in [0.15, 0.2) is 29.1 Å². The molecular weight excluding hydrogens is 258 g/mol. The maximum atomic E-state index is 11.8. The molecule has 4 N–H and O–H groups in total. The molecule has 0 spiro atoms. The molecule has 0 aliphatic carbocycles. The highest BCUT2D eigenvalue weighted by molar-refractivity contribution is 5.75. The summed E-state index contributed by atoms with van der Waals surface area (Å²) in [6, 6.07) is 7.40. The number of rotatable bonds is 2. The quantitative estimate of drug-likeness (QED) is 0.655. The lowest BCUT2D eigenvalue weighted by molar-refractivity contribution is 0.199. The number of fused-ring (bicyclic) bond motifs is 1. The van der Waals surface area contributed by atoms with Crippen molar-refractivity contribution in [1.82, 2.24) is 15.5 Å². The molecule has 2 heterocycles. The fourth-order valence-electron chi connectivity index (χ4n) is 2.12. The van der Waals surface area contributed by atoms with Crippen molar-refractivity contribution >= 4 is 17.2 Å². The van der Waals surface area contributed by atoms with Crippen molar-refractivity contribution in [1.29, 1.82) is 0 Å². The molecule has 1 atom stereocenters. The van der Waals surface area contributed by atoms with Gasteiger partial charge in [-0.3, -0.25) is 10.2 Å². The third-order valence-electron chi connectivity index (χ3n) is 3.13. The van der Waals surface area contributed by atoms with E-state index >= 15 is 0 Å². The maximum Gasteiger partial charge on any atom is 0.277 e. The van der Waals surface area contributed by atoms with E-state index in [1.165, 1.54) is 0 Å².